The summed E-state index contributed by atoms with van der Waals surface area (Å²) in [6.07, 6.45) is 0. The second kappa shape index (κ2) is 8.10. The monoisotopic (exact) mass is 191 g/mol. The quantitative estimate of drug-likeness (QED) is 0.597. The first-order chi connectivity index (χ1) is 2.64. The molecule has 49 valence electrons. The van der Waals surface area contributed by atoms with Gasteiger partial charge in [0, 0.05) is 32.7 Å². The van der Waals surface area contributed by atoms with Gasteiger partial charge in [0.25, 0.3) is 0 Å². The second-order valence-electron chi connectivity index (χ2n) is 2.49. The summed E-state index contributed by atoms with van der Waals surface area (Å²) in [5.41, 5.74) is 0. The van der Waals surface area contributed by atoms with Crippen molar-refractivity contribution < 1.29 is 32.7 Å². The van der Waals surface area contributed by atoms with Gasteiger partial charge in [0.15, 0.2) is 0 Å². The van der Waals surface area contributed by atoms with E-state index < -0.39 is 0 Å². The van der Waals surface area contributed by atoms with Crippen molar-refractivity contribution in [1.82, 2.24) is 0 Å². The number of hydrogen-bond acceptors (Lipinski definition) is 0. The van der Waals surface area contributed by atoms with Crippen molar-refractivity contribution in [3.63, 3.8) is 0 Å². The molecule has 0 N–H and O–H groups in total. The average Bonchev–Trinajstić information content (AvgIpc) is 1.36. The molecule has 1 radical (unpaired) electrons. The van der Waals surface area contributed by atoms with Gasteiger partial charge in [0.1, 0.15) is 0 Å². The van der Waals surface area contributed by atoms with Gasteiger partial charge in [0.2, 0.25) is 0 Å². The van der Waals surface area contributed by atoms with Crippen LogP contribution in [0, 0.1) is 11.8 Å². The summed E-state index contributed by atoms with van der Waals surface area (Å²) in [7, 11) is 0. The first-order valence-corrected chi connectivity index (χ1v) is 2.64. The molecule has 0 nitrogen and oxygen atoms in total. The summed E-state index contributed by atoms with van der Waals surface area (Å²) in [6, 6.07) is 0. The molecule has 0 aromatic rings. The zero-order valence-corrected chi connectivity index (χ0v) is 8.57. The van der Waals surface area contributed by atoms with Crippen LogP contribution in [0.3, 0.4) is 0 Å². The van der Waals surface area contributed by atoms with Gasteiger partial charge in [-0.1, -0.05) is 35.1 Å². The van der Waals surface area contributed by atoms with E-state index in [0.717, 1.165) is 11.8 Å². The van der Waals surface area contributed by atoms with Gasteiger partial charge in [0.05, 0.1) is 0 Å². The van der Waals surface area contributed by atoms with Gasteiger partial charge in [-0.2, -0.15) is 0 Å². The molecule has 0 bridgehead atoms. The summed E-state index contributed by atoms with van der Waals surface area (Å²) in [5, 5.41) is 0. The maximum Gasteiger partial charge on any atom is 0 e. The van der Waals surface area contributed by atoms with Gasteiger partial charge < -0.3 is 0 Å². The van der Waals surface area contributed by atoms with Crippen molar-refractivity contribution in [3.8, 4) is 0 Å². The molecule has 8 heavy (non-hydrogen) atoms. The first kappa shape index (κ1) is 16.0. The summed E-state index contributed by atoms with van der Waals surface area (Å²) >= 11 is 0. The topological polar surface area (TPSA) is 0 Å². The minimum atomic E-state index is 0. The van der Waals surface area contributed by atoms with E-state index >= 15 is 0 Å². The Morgan fingerprint density at radius 3 is 0.875 bits per heavy atom. The molecular formula is C7H18Y. The van der Waals surface area contributed by atoms with Crippen LogP contribution in [0.4, 0.5) is 0 Å². The normalized spacial score (nSPS) is 8.25. The van der Waals surface area contributed by atoms with Crippen LogP contribution in [0.2, 0.25) is 0 Å². The van der Waals surface area contributed by atoms with Crippen molar-refractivity contribution in [2.45, 2.75) is 35.1 Å². The average molecular weight is 191 g/mol. The van der Waals surface area contributed by atoms with Gasteiger partial charge >= 0.3 is 0 Å². The Bertz CT molecular complexity index is 25.4. The Labute approximate surface area is 79.3 Å². The van der Waals surface area contributed by atoms with Crippen LogP contribution in [0.1, 0.15) is 35.1 Å². The van der Waals surface area contributed by atoms with E-state index in [0.29, 0.717) is 0 Å². The molecule has 0 spiro atoms. The van der Waals surface area contributed by atoms with E-state index in [1.54, 1.807) is 0 Å². The third-order valence-electron chi connectivity index (χ3n) is 1.33. The molecule has 0 aromatic heterocycles. The van der Waals surface area contributed by atoms with Crippen LogP contribution in [-0.4, -0.2) is 0 Å². The standard InChI is InChI=1S/C6H14.CH4.Y/c1-5(2)6(3)4;;/h5-6H,1-4H3;1H4;. The van der Waals surface area contributed by atoms with Crippen molar-refractivity contribution in [2.24, 2.45) is 11.8 Å². The van der Waals surface area contributed by atoms with Crippen molar-refractivity contribution in [2.75, 3.05) is 0 Å². The number of rotatable bonds is 1. The van der Waals surface area contributed by atoms with Crippen molar-refractivity contribution in [1.29, 1.82) is 0 Å². The molecule has 0 rings (SSSR count). The minimum Gasteiger partial charge on any atom is -0.0776 e. The third-order valence-corrected chi connectivity index (χ3v) is 1.33. The Morgan fingerprint density at radius 2 is 0.875 bits per heavy atom. The van der Waals surface area contributed by atoms with Gasteiger partial charge in [-0.3, -0.25) is 0 Å². The fourth-order valence-electron chi connectivity index (χ4n) is 0. The van der Waals surface area contributed by atoms with Crippen molar-refractivity contribution in [3.05, 3.63) is 0 Å². The van der Waals surface area contributed by atoms with E-state index in [1.165, 1.54) is 0 Å². The molecule has 0 aliphatic heterocycles. The van der Waals surface area contributed by atoms with E-state index in [-0.39, 0.29) is 40.1 Å². The molecule has 0 aliphatic rings. The Morgan fingerprint density at radius 1 is 0.750 bits per heavy atom. The molecule has 0 atom stereocenters. The van der Waals surface area contributed by atoms with E-state index in [2.05, 4.69) is 27.7 Å². The maximum atomic E-state index is 2.24. The van der Waals surface area contributed by atoms with Crippen molar-refractivity contribution >= 4 is 0 Å². The zero-order valence-electron chi connectivity index (χ0n) is 5.73. The predicted molar refractivity (Wildman–Crippen MR) is 36.4 cm³/mol. The summed E-state index contributed by atoms with van der Waals surface area (Å²) < 4.78 is 0. The molecule has 0 saturated heterocycles. The van der Waals surface area contributed by atoms with Crippen LogP contribution in [0.25, 0.3) is 0 Å². The van der Waals surface area contributed by atoms with Crippen LogP contribution in [-0.2, 0) is 32.7 Å². The fraction of sp³-hybridized carbons (Fsp3) is 1.00. The van der Waals surface area contributed by atoms with Crippen LogP contribution < -0.4 is 0 Å². The van der Waals surface area contributed by atoms with E-state index in [9.17, 15) is 0 Å². The Balaban J connectivity index is -0.000000125. The fourth-order valence-corrected chi connectivity index (χ4v) is 0. The Kier molecular flexibility index (Phi) is 16.3. The SMILES string of the molecule is C.CC(C)C(C)C.[Y]. The molecule has 0 fully saturated rings. The third kappa shape index (κ3) is 10.2. The molecule has 0 unspecified atom stereocenters. The summed E-state index contributed by atoms with van der Waals surface area (Å²) in [6.45, 7) is 8.96. The van der Waals surface area contributed by atoms with Crippen LogP contribution in [0.15, 0.2) is 0 Å². The van der Waals surface area contributed by atoms with Gasteiger partial charge in [-0.15, -0.1) is 0 Å². The summed E-state index contributed by atoms with van der Waals surface area (Å²) in [5.74, 6) is 1.70. The van der Waals surface area contributed by atoms with Gasteiger partial charge in [-0.25, -0.2) is 0 Å². The second-order valence-corrected chi connectivity index (χ2v) is 2.49. The Hall–Kier alpha value is 1.10. The number of hydrogen-bond donors (Lipinski definition) is 0. The van der Waals surface area contributed by atoms with Gasteiger partial charge in [-0.05, 0) is 11.8 Å². The molecule has 0 saturated carbocycles. The first-order valence-electron chi connectivity index (χ1n) is 2.64. The molecular weight excluding hydrogens is 173 g/mol. The predicted octanol–water partition coefficient (Wildman–Crippen LogP) is 2.93. The van der Waals surface area contributed by atoms with Crippen LogP contribution >= 0.6 is 0 Å². The smallest absolute Gasteiger partial charge is 0 e. The molecule has 0 heterocycles. The summed E-state index contributed by atoms with van der Waals surface area (Å²) in [4.78, 5) is 0. The largest absolute Gasteiger partial charge is 0.0776 e. The minimum absolute atomic E-state index is 0. The molecule has 0 aliphatic carbocycles. The molecule has 0 amide bonds. The zero-order chi connectivity index (χ0) is 5.15. The van der Waals surface area contributed by atoms with Crippen LogP contribution in [0.5, 0.6) is 0 Å². The van der Waals surface area contributed by atoms with E-state index in [4.69, 9.17) is 0 Å². The molecule has 1 heteroatoms. The maximum absolute atomic E-state index is 2.24. The van der Waals surface area contributed by atoms with E-state index in [1.807, 2.05) is 0 Å². The molecule has 0 aromatic carbocycles.